The summed E-state index contributed by atoms with van der Waals surface area (Å²) in [6.07, 6.45) is 4.08. The predicted molar refractivity (Wildman–Crippen MR) is 82.9 cm³/mol. The summed E-state index contributed by atoms with van der Waals surface area (Å²) in [5.41, 5.74) is 3.83. The number of nitrogens with one attached hydrogen (secondary N) is 1. The van der Waals surface area contributed by atoms with Gasteiger partial charge in [-0.3, -0.25) is 4.98 Å². The van der Waals surface area contributed by atoms with Gasteiger partial charge in [-0.2, -0.15) is 0 Å². The standard InChI is InChI=1S/C18H16N2/c1-2-6-15-13(5-1)8-9-14-10-11-17(20-18(14)15)16-7-3-4-12-19-16/h1-9,12,17,20H,10-11H2. The summed E-state index contributed by atoms with van der Waals surface area (Å²) < 4.78 is 0. The molecular formula is C18H16N2. The molecule has 0 fully saturated rings. The number of rotatable bonds is 1. The summed E-state index contributed by atoms with van der Waals surface area (Å²) in [5, 5.41) is 6.30. The summed E-state index contributed by atoms with van der Waals surface area (Å²) in [6, 6.07) is 19.5. The maximum Gasteiger partial charge on any atom is 0.0688 e. The van der Waals surface area contributed by atoms with Crippen molar-refractivity contribution in [1.29, 1.82) is 0 Å². The molecule has 4 rings (SSSR count). The topological polar surface area (TPSA) is 24.9 Å². The Morgan fingerprint density at radius 1 is 0.950 bits per heavy atom. The number of nitrogens with zero attached hydrogens (tertiary/aromatic N) is 1. The van der Waals surface area contributed by atoms with Gasteiger partial charge in [0, 0.05) is 17.3 Å². The molecule has 3 aromatic rings. The number of aryl methyl sites for hydroxylation is 1. The minimum Gasteiger partial charge on any atom is -0.376 e. The van der Waals surface area contributed by atoms with Gasteiger partial charge in [0.25, 0.3) is 0 Å². The van der Waals surface area contributed by atoms with E-state index in [-0.39, 0.29) is 0 Å². The second kappa shape index (κ2) is 4.64. The van der Waals surface area contributed by atoms with Crippen molar-refractivity contribution >= 4 is 16.5 Å². The summed E-state index contributed by atoms with van der Waals surface area (Å²) >= 11 is 0. The Morgan fingerprint density at radius 3 is 2.75 bits per heavy atom. The van der Waals surface area contributed by atoms with Gasteiger partial charge in [-0.05, 0) is 35.9 Å². The molecule has 20 heavy (non-hydrogen) atoms. The van der Waals surface area contributed by atoms with Crippen molar-refractivity contribution in [2.75, 3.05) is 5.32 Å². The van der Waals surface area contributed by atoms with E-state index in [1.54, 1.807) is 0 Å². The second-order valence-corrected chi connectivity index (χ2v) is 5.31. The lowest BCUT2D eigenvalue weighted by Crippen LogP contribution is -2.19. The lowest BCUT2D eigenvalue weighted by atomic mass is 9.93. The van der Waals surface area contributed by atoms with Crippen LogP contribution in [0.1, 0.15) is 23.7 Å². The second-order valence-electron chi connectivity index (χ2n) is 5.31. The van der Waals surface area contributed by atoms with Crippen molar-refractivity contribution in [2.45, 2.75) is 18.9 Å². The molecule has 1 aliphatic rings. The van der Waals surface area contributed by atoms with Crippen LogP contribution in [0.5, 0.6) is 0 Å². The largest absolute Gasteiger partial charge is 0.376 e. The van der Waals surface area contributed by atoms with Crippen LogP contribution >= 0.6 is 0 Å². The summed E-state index contributed by atoms with van der Waals surface area (Å²) in [5.74, 6) is 0. The third-order valence-electron chi connectivity index (χ3n) is 4.08. The molecule has 1 aliphatic heterocycles. The first kappa shape index (κ1) is 11.5. The van der Waals surface area contributed by atoms with Gasteiger partial charge in [0.1, 0.15) is 0 Å². The van der Waals surface area contributed by atoms with Gasteiger partial charge in [-0.1, -0.05) is 42.5 Å². The Hall–Kier alpha value is -2.35. The van der Waals surface area contributed by atoms with Crippen molar-refractivity contribution in [1.82, 2.24) is 4.98 Å². The zero-order valence-electron chi connectivity index (χ0n) is 11.2. The van der Waals surface area contributed by atoms with Crippen LogP contribution in [0.15, 0.2) is 60.8 Å². The van der Waals surface area contributed by atoms with Crippen LogP contribution in [0, 0.1) is 0 Å². The molecule has 2 heterocycles. The average molecular weight is 260 g/mol. The maximum atomic E-state index is 4.49. The van der Waals surface area contributed by atoms with Crippen LogP contribution < -0.4 is 5.32 Å². The van der Waals surface area contributed by atoms with E-state index in [9.17, 15) is 0 Å². The number of aromatic nitrogens is 1. The van der Waals surface area contributed by atoms with Gasteiger partial charge in [0.2, 0.25) is 0 Å². The molecule has 0 saturated heterocycles. The van der Waals surface area contributed by atoms with E-state index >= 15 is 0 Å². The highest BCUT2D eigenvalue weighted by Gasteiger charge is 2.21. The van der Waals surface area contributed by atoms with E-state index in [1.807, 2.05) is 12.3 Å². The molecule has 0 aliphatic carbocycles. The van der Waals surface area contributed by atoms with Gasteiger partial charge in [0.15, 0.2) is 0 Å². The third-order valence-corrected chi connectivity index (χ3v) is 4.08. The molecule has 1 aromatic heterocycles. The molecule has 1 N–H and O–H groups in total. The smallest absolute Gasteiger partial charge is 0.0688 e. The molecule has 0 amide bonds. The molecule has 2 heteroatoms. The van der Waals surface area contributed by atoms with Crippen molar-refractivity contribution < 1.29 is 0 Å². The molecule has 0 radical (unpaired) electrons. The number of benzene rings is 2. The fraction of sp³-hybridized carbons (Fsp3) is 0.167. The Morgan fingerprint density at radius 2 is 1.85 bits per heavy atom. The Labute approximate surface area is 118 Å². The van der Waals surface area contributed by atoms with Crippen LogP contribution in [0.25, 0.3) is 10.8 Å². The Balaban J connectivity index is 1.80. The fourth-order valence-electron chi connectivity index (χ4n) is 3.05. The highest BCUT2D eigenvalue weighted by molar-refractivity contribution is 5.96. The zero-order chi connectivity index (χ0) is 13.4. The van der Waals surface area contributed by atoms with Crippen LogP contribution in [0.4, 0.5) is 5.69 Å². The van der Waals surface area contributed by atoms with Gasteiger partial charge >= 0.3 is 0 Å². The first-order chi connectivity index (χ1) is 9.92. The van der Waals surface area contributed by atoms with Crippen LogP contribution in [0.3, 0.4) is 0 Å². The molecule has 1 atom stereocenters. The number of fused-ring (bicyclic) bond motifs is 3. The van der Waals surface area contributed by atoms with Crippen LogP contribution in [0.2, 0.25) is 0 Å². The lowest BCUT2D eigenvalue weighted by molar-refractivity contribution is 0.652. The Bertz CT molecular complexity index is 750. The average Bonchev–Trinajstić information content (AvgIpc) is 2.55. The maximum absolute atomic E-state index is 4.49. The van der Waals surface area contributed by atoms with Crippen LogP contribution in [-0.4, -0.2) is 4.98 Å². The summed E-state index contributed by atoms with van der Waals surface area (Å²) in [4.78, 5) is 4.49. The number of pyridine rings is 1. The number of anilines is 1. The third kappa shape index (κ3) is 1.85. The van der Waals surface area contributed by atoms with E-state index in [2.05, 4.69) is 58.8 Å². The first-order valence-electron chi connectivity index (χ1n) is 7.10. The van der Waals surface area contributed by atoms with Crippen LogP contribution in [-0.2, 0) is 6.42 Å². The molecule has 0 bridgehead atoms. The lowest BCUT2D eigenvalue weighted by Gasteiger charge is -2.28. The quantitative estimate of drug-likeness (QED) is 0.704. The van der Waals surface area contributed by atoms with E-state index in [1.165, 1.54) is 22.0 Å². The van der Waals surface area contributed by atoms with E-state index in [4.69, 9.17) is 0 Å². The Kier molecular flexibility index (Phi) is 2.66. The van der Waals surface area contributed by atoms with E-state index < -0.39 is 0 Å². The molecule has 2 aromatic carbocycles. The number of hydrogen-bond acceptors (Lipinski definition) is 2. The van der Waals surface area contributed by atoms with Gasteiger partial charge in [-0.25, -0.2) is 0 Å². The SMILES string of the molecule is c1ccc(C2CCc3ccc4ccccc4c3N2)nc1. The molecule has 2 nitrogen and oxygen atoms in total. The zero-order valence-corrected chi connectivity index (χ0v) is 11.2. The highest BCUT2D eigenvalue weighted by Crippen LogP contribution is 2.36. The van der Waals surface area contributed by atoms with Crippen molar-refractivity contribution in [3.05, 3.63) is 72.1 Å². The molecule has 98 valence electrons. The fourth-order valence-corrected chi connectivity index (χ4v) is 3.05. The molecule has 0 spiro atoms. The molecular weight excluding hydrogens is 244 g/mol. The van der Waals surface area contributed by atoms with Crippen molar-refractivity contribution in [3.8, 4) is 0 Å². The van der Waals surface area contributed by atoms with E-state index in [0.29, 0.717) is 6.04 Å². The first-order valence-corrected chi connectivity index (χ1v) is 7.10. The van der Waals surface area contributed by atoms with Crippen molar-refractivity contribution in [3.63, 3.8) is 0 Å². The molecule has 0 saturated carbocycles. The van der Waals surface area contributed by atoms with Gasteiger partial charge < -0.3 is 5.32 Å². The number of hydrogen-bond donors (Lipinski definition) is 1. The summed E-state index contributed by atoms with van der Waals surface area (Å²) in [7, 11) is 0. The van der Waals surface area contributed by atoms with Gasteiger partial charge in [0.05, 0.1) is 11.7 Å². The minimum absolute atomic E-state index is 0.314. The highest BCUT2D eigenvalue weighted by atomic mass is 15.0. The predicted octanol–water partition coefficient (Wildman–Crippen LogP) is 4.33. The molecule has 1 unspecified atom stereocenters. The summed E-state index contributed by atoms with van der Waals surface area (Å²) in [6.45, 7) is 0. The van der Waals surface area contributed by atoms with Gasteiger partial charge in [-0.15, -0.1) is 0 Å². The van der Waals surface area contributed by atoms with E-state index in [0.717, 1.165) is 18.5 Å². The van der Waals surface area contributed by atoms with Crippen molar-refractivity contribution in [2.24, 2.45) is 0 Å². The monoisotopic (exact) mass is 260 g/mol. The normalized spacial score (nSPS) is 17.5. The minimum atomic E-state index is 0.314.